The van der Waals surface area contributed by atoms with E-state index in [9.17, 15) is 0 Å². The second-order valence-electron chi connectivity index (χ2n) is 7.09. The highest BCUT2D eigenvalue weighted by molar-refractivity contribution is 5.63. The first kappa shape index (κ1) is 16.1. The molecular weight excluding hydrogens is 276 g/mol. The Balaban J connectivity index is 1.63. The third-order valence-corrected chi connectivity index (χ3v) is 5.34. The predicted molar refractivity (Wildman–Crippen MR) is 101 cm³/mol. The van der Waals surface area contributed by atoms with Gasteiger partial charge in [-0.1, -0.05) is 92.9 Å². The van der Waals surface area contributed by atoms with Gasteiger partial charge >= 0.3 is 0 Å². The molecule has 1 aliphatic carbocycles. The summed E-state index contributed by atoms with van der Waals surface area (Å²) in [6.07, 6.45) is 8.06. The first-order chi connectivity index (χ1) is 11.2. The lowest BCUT2D eigenvalue weighted by atomic mass is 9.80. The normalized spacial score (nSPS) is 16.9. The molecule has 0 aliphatic heterocycles. The van der Waals surface area contributed by atoms with Crippen molar-refractivity contribution >= 4 is 0 Å². The van der Waals surface area contributed by atoms with Crippen LogP contribution in [0.25, 0.3) is 11.1 Å². The number of hydrogen-bond donors (Lipinski definition) is 0. The maximum atomic E-state index is 4.41. The highest BCUT2D eigenvalue weighted by Crippen LogP contribution is 2.34. The molecule has 0 spiro atoms. The van der Waals surface area contributed by atoms with Gasteiger partial charge in [0.1, 0.15) is 0 Å². The van der Waals surface area contributed by atoms with Crippen LogP contribution in [0.15, 0.2) is 66.7 Å². The smallest absolute Gasteiger partial charge is 0.0153 e. The summed E-state index contributed by atoms with van der Waals surface area (Å²) in [6.45, 7) is 6.75. The van der Waals surface area contributed by atoms with E-state index in [1.807, 2.05) is 0 Å². The molecule has 0 radical (unpaired) electrons. The molecule has 23 heavy (non-hydrogen) atoms. The Morgan fingerprint density at radius 2 is 1.52 bits per heavy atom. The van der Waals surface area contributed by atoms with Gasteiger partial charge in [0.15, 0.2) is 0 Å². The van der Waals surface area contributed by atoms with E-state index in [0.29, 0.717) is 5.92 Å². The molecule has 0 nitrogen and oxygen atoms in total. The van der Waals surface area contributed by atoms with E-state index in [0.717, 1.165) is 12.3 Å². The van der Waals surface area contributed by atoms with Crippen molar-refractivity contribution in [2.24, 2.45) is 5.92 Å². The van der Waals surface area contributed by atoms with E-state index in [4.69, 9.17) is 0 Å². The lowest BCUT2D eigenvalue weighted by Gasteiger charge is -2.25. The van der Waals surface area contributed by atoms with E-state index in [1.54, 1.807) is 0 Å². The zero-order chi connectivity index (χ0) is 16.1. The van der Waals surface area contributed by atoms with E-state index < -0.39 is 0 Å². The number of benzene rings is 2. The topological polar surface area (TPSA) is 0 Å². The summed E-state index contributed by atoms with van der Waals surface area (Å²) < 4.78 is 0. The Bertz CT molecular complexity index is 615. The minimum Gasteiger partial charge on any atom is -0.0996 e. The van der Waals surface area contributed by atoms with Gasteiger partial charge in [-0.25, -0.2) is 0 Å². The molecule has 1 aliphatic rings. The fourth-order valence-electron chi connectivity index (χ4n) is 3.82. The quantitative estimate of drug-likeness (QED) is 0.522. The van der Waals surface area contributed by atoms with E-state index in [1.165, 1.54) is 54.4 Å². The SMILES string of the molecule is C=C(C[C@@H](C)c1ccc(-c2ccccc2)cc1)C1CCCCC1. The lowest BCUT2D eigenvalue weighted by molar-refractivity contribution is 0.392. The van der Waals surface area contributed by atoms with E-state index >= 15 is 0 Å². The Morgan fingerprint density at radius 1 is 0.913 bits per heavy atom. The lowest BCUT2D eigenvalue weighted by Crippen LogP contribution is -2.10. The molecule has 120 valence electrons. The Kier molecular flexibility index (Phi) is 5.33. The third kappa shape index (κ3) is 4.13. The highest BCUT2D eigenvalue weighted by Gasteiger charge is 2.18. The average Bonchev–Trinajstić information content (AvgIpc) is 2.63. The van der Waals surface area contributed by atoms with Crippen molar-refractivity contribution in [1.29, 1.82) is 0 Å². The van der Waals surface area contributed by atoms with Crippen molar-refractivity contribution in [3.8, 4) is 11.1 Å². The fourth-order valence-corrected chi connectivity index (χ4v) is 3.82. The van der Waals surface area contributed by atoms with Gasteiger partial charge in [-0.2, -0.15) is 0 Å². The molecule has 0 N–H and O–H groups in total. The van der Waals surface area contributed by atoms with Gasteiger partial charge in [0.25, 0.3) is 0 Å². The maximum absolute atomic E-state index is 4.41. The minimum absolute atomic E-state index is 0.564. The van der Waals surface area contributed by atoms with Crippen LogP contribution < -0.4 is 0 Å². The Morgan fingerprint density at radius 3 is 2.17 bits per heavy atom. The van der Waals surface area contributed by atoms with Crippen molar-refractivity contribution in [3.63, 3.8) is 0 Å². The summed E-state index contributed by atoms with van der Waals surface area (Å²) in [5, 5.41) is 0. The third-order valence-electron chi connectivity index (χ3n) is 5.34. The van der Waals surface area contributed by atoms with Crippen LogP contribution in [0, 0.1) is 5.92 Å². The van der Waals surface area contributed by atoms with Crippen molar-refractivity contribution in [2.75, 3.05) is 0 Å². The standard InChI is InChI=1S/C23H28/c1-18(20-9-5-3-6-10-20)17-19(2)21-13-15-23(16-14-21)22-11-7-4-8-12-22/h4,7-8,11-16,19-20H,1,3,5-6,9-10,17H2,2H3/t19-/m1/s1. The van der Waals surface area contributed by atoms with E-state index in [-0.39, 0.29) is 0 Å². The largest absolute Gasteiger partial charge is 0.0996 e. The van der Waals surface area contributed by atoms with Crippen LogP contribution in [-0.4, -0.2) is 0 Å². The number of allylic oxidation sites excluding steroid dienone is 1. The van der Waals surface area contributed by atoms with Gasteiger partial charge in [-0.15, -0.1) is 0 Å². The first-order valence-electron chi connectivity index (χ1n) is 9.07. The van der Waals surface area contributed by atoms with Crippen LogP contribution in [0.3, 0.4) is 0 Å². The summed E-state index contributed by atoms with van der Waals surface area (Å²) in [4.78, 5) is 0. The molecule has 0 bridgehead atoms. The van der Waals surface area contributed by atoms with Gasteiger partial charge in [-0.3, -0.25) is 0 Å². The summed E-state index contributed by atoms with van der Waals surface area (Å²) in [6, 6.07) is 19.7. The zero-order valence-corrected chi connectivity index (χ0v) is 14.3. The molecule has 0 heterocycles. The molecule has 2 aromatic carbocycles. The van der Waals surface area contributed by atoms with Gasteiger partial charge in [0, 0.05) is 0 Å². The maximum Gasteiger partial charge on any atom is -0.0153 e. The van der Waals surface area contributed by atoms with Crippen molar-refractivity contribution < 1.29 is 0 Å². The van der Waals surface area contributed by atoms with Crippen LogP contribution in [0.2, 0.25) is 0 Å². The fraction of sp³-hybridized carbons (Fsp3) is 0.391. The van der Waals surface area contributed by atoms with Crippen molar-refractivity contribution in [2.45, 2.75) is 51.4 Å². The predicted octanol–water partition coefficient (Wildman–Crippen LogP) is 6.98. The second-order valence-corrected chi connectivity index (χ2v) is 7.09. The highest BCUT2D eigenvalue weighted by atomic mass is 14.2. The van der Waals surface area contributed by atoms with Gasteiger partial charge in [0.05, 0.1) is 0 Å². The van der Waals surface area contributed by atoms with Crippen molar-refractivity contribution in [3.05, 3.63) is 72.3 Å². The molecule has 1 saturated carbocycles. The first-order valence-corrected chi connectivity index (χ1v) is 9.07. The number of hydrogen-bond acceptors (Lipinski definition) is 0. The van der Waals surface area contributed by atoms with Gasteiger partial charge in [0.2, 0.25) is 0 Å². The molecule has 0 saturated heterocycles. The summed E-state index contributed by atoms with van der Waals surface area (Å²) in [7, 11) is 0. The van der Waals surface area contributed by atoms with Crippen LogP contribution in [0.4, 0.5) is 0 Å². The molecule has 3 rings (SSSR count). The van der Waals surface area contributed by atoms with Crippen LogP contribution in [0.1, 0.15) is 56.9 Å². The second kappa shape index (κ2) is 7.64. The summed E-state index contributed by atoms with van der Waals surface area (Å²) in [5.74, 6) is 1.34. The average molecular weight is 304 g/mol. The molecule has 0 unspecified atom stereocenters. The molecule has 0 amide bonds. The molecule has 1 atom stereocenters. The summed E-state index contributed by atoms with van der Waals surface area (Å²) in [5.41, 5.74) is 5.50. The van der Waals surface area contributed by atoms with Crippen LogP contribution >= 0.6 is 0 Å². The Labute approximate surface area is 141 Å². The molecular formula is C23H28. The van der Waals surface area contributed by atoms with Crippen molar-refractivity contribution in [1.82, 2.24) is 0 Å². The van der Waals surface area contributed by atoms with Gasteiger partial charge < -0.3 is 0 Å². The van der Waals surface area contributed by atoms with Gasteiger partial charge in [-0.05, 0) is 47.8 Å². The minimum atomic E-state index is 0.564. The molecule has 0 aromatic heterocycles. The molecule has 0 heteroatoms. The number of rotatable bonds is 5. The van der Waals surface area contributed by atoms with Crippen LogP contribution in [-0.2, 0) is 0 Å². The zero-order valence-electron chi connectivity index (χ0n) is 14.3. The van der Waals surface area contributed by atoms with E-state index in [2.05, 4.69) is 68.1 Å². The van der Waals surface area contributed by atoms with Crippen LogP contribution in [0.5, 0.6) is 0 Å². The summed E-state index contributed by atoms with van der Waals surface area (Å²) >= 11 is 0. The molecule has 2 aromatic rings. The Hall–Kier alpha value is -1.82. The molecule has 1 fully saturated rings. The monoisotopic (exact) mass is 304 g/mol.